The van der Waals surface area contributed by atoms with Crippen molar-refractivity contribution in [3.8, 4) is 0 Å². The molecule has 1 atom stereocenters. The Morgan fingerprint density at radius 2 is 2.21 bits per heavy atom. The summed E-state index contributed by atoms with van der Waals surface area (Å²) in [6.45, 7) is 5.16. The van der Waals surface area contributed by atoms with Crippen LogP contribution in [0.25, 0.3) is 0 Å². The Hall–Kier alpha value is -1.15. The van der Waals surface area contributed by atoms with Gasteiger partial charge in [-0.2, -0.15) is 0 Å². The van der Waals surface area contributed by atoms with E-state index in [0.717, 1.165) is 0 Å². The summed E-state index contributed by atoms with van der Waals surface area (Å²) in [6, 6.07) is 0.705. The van der Waals surface area contributed by atoms with Crippen LogP contribution < -0.4 is 10.6 Å². The average Bonchev–Trinajstić information content (AvgIpc) is 2.90. The van der Waals surface area contributed by atoms with Crippen LogP contribution in [-0.4, -0.2) is 42.7 Å². The van der Waals surface area contributed by atoms with Crippen molar-refractivity contribution >= 4 is 15.9 Å². The Kier molecular flexibility index (Phi) is 4.41. The van der Waals surface area contributed by atoms with E-state index in [1.807, 2.05) is 13.8 Å². The van der Waals surface area contributed by atoms with E-state index in [1.165, 1.54) is 0 Å². The predicted octanol–water partition coefficient (Wildman–Crippen LogP) is 0.414. The normalized spacial score (nSPS) is 21.9. The summed E-state index contributed by atoms with van der Waals surface area (Å²) >= 11 is 0. The second-order valence-electron chi connectivity index (χ2n) is 5.19. The highest BCUT2D eigenvalue weighted by atomic mass is 32.2. The van der Waals surface area contributed by atoms with Crippen LogP contribution in [0.1, 0.15) is 26.2 Å². The van der Waals surface area contributed by atoms with Gasteiger partial charge in [-0.3, -0.25) is 0 Å². The van der Waals surface area contributed by atoms with Gasteiger partial charge in [-0.25, -0.2) is 8.42 Å². The molecular formula is C11H20N4O3S. The molecule has 108 valence electrons. The maximum atomic E-state index is 11.3. The minimum atomic E-state index is -2.83. The first kappa shape index (κ1) is 14.3. The summed E-state index contributed by atoms with van der Waals surface area (Å²) in [5.74, 6) is 1.19. The summed E-state index contributed by atoms with van der Waals surface area (Å²) in [5.41, 5.74) is 0. The number of hydrogen-bond acceptors (Lipinski definition) is 7. The Balaban J connectivity index is 1.77. The van der Waals surface area contributed by atoms with Crippen molar-refractivity contribution in [3.63, 3.8) is 0 Å². The zero-order chi connectivity index (χ0) is 13.9. The standard InChI is InChI=1S/C11H20N4O3S/c1-8(2)12-6-10-14-15-11(18-10)13-5-9-3-4-19(16,17)7-9/h8-9,12H,3-7H2,1-2H3,(H,13,15). The number of hydrogen-bond donors (Lipinski definition) is 2. The van der Waals surface area contributed by atoms with Gasteiger partial charge in [0.2, 0.25) is 5.89 Å². The summed E-state index contributed by atoms with van der Waals surface area (Å²) < 4.78 is 28.0. The van der Waals surface area contributed by atoms with Gasteiger partial charge in [0.05, 0.1) is 18.1 Å². The number of nitrogens with zero attached hydrogens (tertiary/aromatic N) is 2. The van der Waals surface area contributed by atoms with Gasteiger partial charge < -0.3 is 15.1 Å². The topological polar surface area (TPSA) is 97.1 Å². The smallest absolute Gasteiger partial charge is 0.315 e. The summed E-state index contributed by atoms with van der Waals surface area (Å²) in [7, 11) is -2.83. The lowest BCUT2D eigenvalue weighted by atomic mass is 10.1. The van der Waals surface area contributed by atoms with Gasteiger partial charge in [-0.15, -0.1) is 5.10 Å². The van der Waals surface area contributed by atoms with Crippen molar-refractivity contribution in [2.75, 3.05) is 23.4 Å². The second-order valence-corrected chi connectivity index (χ2v) is 7.42. The molecule has 0 bridgehead atoms. The van der Waals surface area contributed by atoms with E-state index in [-0.39, 0.29) is 17.4 Å². The third-order valence-electron chi connectivity index (χ3n) is 3.00. The Morgan fingerprint density at radius 1 is 1.42 bits per heavy atom. The van der Waals surface area contributed by atoms with Crippen LogP contribution in [0.4, 0.5) is 6.01 Å². The summed E-state index contributed by atoms with van der Waals surface area (Å²) in [4.78, 5) is 0. The van der Waals surface area contributed by atoms with E-state index in [4.69, 9.17) is 4.42 Å². The van der Waals surface area contributed by atoms with E-state index in [9.17, 15) is 8.42 Å². The van der Waals surface area contributed by atoms with Crippen molar-refractivity contribution < 1.29 is 12.8 Å². The molecule has 8 heteroatoms. The van der Waals surface area contributed by atoms with Gasteiger partial charge >= 0.3 is 6.01 Å². The number of sulfone groups is 1. The fourth-order valence-electron chi connectivity index (χ4n) is 1.95. The monoisotopic (exact) mass is 288 g/mol. The molecule has 1 fully saturated rings. The Bertz CT molecular complexity index is 512. The minimum Gasteiger partial charge on any atom is -0.407 e. The molecule has 0 amide bonds. The molecule has 7 nitrogen and oxygen atoms in total. The summed E-state index contributed by atoms with van der Waals surface area (Å²) in [5, 5.41) is 14.0. The van der Waals surface area contributed by atoms with E-state index in [1.54, 1.807) is 0 Å². The van der Waals surface area contributed by atoms with Gasteiger partial charge in [0, 0.05) is 12.6 Å². The average molecular weight is 288 g/mol. The van der Waals surface area contributed by atoms with Crippen molar-refractivity contribution in [1.82, 2.24) is 15.5 Å². The highest BCUT2D eigenvalue weighted by Crippen LogP contribution is 2.18. The van der Waals surface area contributed by atoms with Gasteiger partial charge in [0.25, 0.3) is 0 Å². The highest BCUT2D eigenvalue weighted by molar-refractivity contribution is 7.91. The number of nitrogens with one attached hydrogen (secondary N) is 2. The molecule has 0 saturated carbocycles. The molecule has 1 saturated heterocycles. The first-order chi connectivity index (χ1) is 8.94. The summed E-state index contributed by atoms with van der Waals surface area (Å²) in [6.07, 6.45) is 0.700. The highest BCUT2D eigenvalue weighted by Gasteiger charge is 2.27. The SMILES string of the molecule is CC(C)NCc1nnc(NCC2CCS(=O)(=O)C2)o1. The van der Waals surface area contributed by atoms with Crippen LogP contribution in [-0.2, 0) is 16.4 Å². The molecular weight excluding hydrogens is 268 g/mol. The fraction of sp³-hybridized carbons (Fsp3) is 0.818. The minimum absolute atomic E-state index is 0.133. The lowest BCUT2D eigenvalue weighted by Gasteiger charge is -2.06. The van der Waals surface area contributed by atoms with E-state index < -0.39 is 9.84 Å². The number of rotatable bonds is 6. The lowest BCUT2D eigenvalue weighted by Crippen LogP contribution is -2.21. The van der Waals surface area contributed by atoms with E-state index >= 15 is 0 Å². The number of aromatic nitrogens is 2. The molecule has 0 aromatic carbocycles. The zero-order valence-electron chi connectivity index (χ0n) is 11.2. The van der Waals surface area contributed by atoms with Crippen LogP contribution in [0, 0.1) is 5.92 Å². The van der Waals surface area contributed by atoms with Crippen molar-refractivity contribution in [2.45, 2.75) is 32.9 Å². The largest absolute Gasteiger partial charge is 0.407 e. The zero-order valence-corrected chi connectivity index (χ0v) is 12.0. The molecule has 1 aromatic rings. The predicted molar refractivity (Wildman–Crippen MR) is 71.5 cm³/mol. The second kappa shape index (κ2) is 5.87. The molecule has 1 aliphatic heterocycles. The van der Waals surface area contributed by atoms with Gasteiger partial charge in [0.1, 0.15) is 0 Å². The maximum absolute atomic E-state index is 11.3. The van der Waals surface area contributed by atoms with Crippen molar-refractivity contribution in [1.29, 1.82) is 0 Å². The molecule has 2 N–H and O–H groups in total. The lowest BCUT2D eigenvalue weighted by molar-refractivity contribution is 0.456. The number of anilines is 1. The van der Waals surface area contributed by atoms with Crippen LogP contribution in [0.15, 0.2) is 4.42 Å². The third-order valence-corrected chi connectivity index (χ3v) is 4.83. The van der Waals surface area contributed by atoms with Crippen LogP contribution in [0.3, 0.4) is 0 Å². The molecule has 2 rings (SSSR count). The Morgan fingerprint density at radius 3 is 2.84 bits per heavy atom. The molecule has 1 unspecified atom stereocenters. The molecule has 19 heavy (non-hydrogen) atoms. The molecule has 0 aliphatic carbocycles. The molecule has 1 aromatic heterocycles. The quantitative estimate of drug-likeness (QED) is 0.782. The van der Waals surface area contributed by atoms with Gasteiger partial charge in [0.15, 0.2) is 9.84 Å². The maximum Gasteiger partial charge on any atom is 0.315 e. The molecule has 0 spiro atoms. The molecule has 2 heterocycles. The third kappa shape index (κ3) is 4.46. The molecule has 1 aliphatic rings. The van der Waals surface area contributed by atoms with Gasteiger partial charge in [-0.1, -0.05) is 18.9 Å². The van der Waals surface area contributed by atoms with Crippen molar-refractivity contribution in [2.24, 2.45) is 5.92 Å². The Labute approximate surface area is 113 Å². The van der Waals surface area contributed by atoms with Gasteiger partial charge in [-0.05, 0) is 12.3 Å². The van der Waals surface area contributed by atoms with E-state index in [2.05, 4.69) is 20.8 Å². The van der Waals surface area contributed by atoms with Crippen LogP contribution in [0.2, 0.25) is 0 Å². The van der Waals surface area contributed by atoms with Crippen LogP contribution >= 0.6 is 0 Å². The van der Waals surface area contributed by atoms with Crippen LogP contribution in [0.5, 0.6) is 0 Å². The van der Waals surface area contributed by atoms with E-state index in [0.29, 0.717) is 37.5 Å². The molecule has 0 radical (unpaired) electrons. The van der Waals surface area contributed by atoms with Crippen molar-refractivity contribution in [3.05, 3.63) is 5.89 Å². The first-order valence-corrected chi connectivity index (χ1v) is 8.27. The fourth-order valence-corrected chi connectivity index (χ4v) is 3.81. The first-order valence-electron chi connectivity index (χ1n) is 6.44.